The first kappa shape index (κ1) is 14.6. The lowest BCUT2D eigenvalue weighted by molar-refractivity contribution is 0.0620. The highest BCUT2D eigenvalue weighted by molar-refractivity contribution is 6.30. The van der Waals surface area contributed by atoms with Crippen molar-refractivity contribution in [2.75, 3.05) is 0 Å². The molecule has 0 amide bonds. The highest BCUT2D eigenvalue weighted by Gasteiger charge is 2.29. The van der Waals surface area contributed by atoms with Gasteiger partial charge in [-0.05, 0) is 60.8 Å². The number of hydrogen-bond acceptors (Lipinski definition) is 1. The van der Waals surface area contributed by atoms with E-state index >= 15 is 0 Å². The number of halogens is 1. The van der Waals surface area contributed by atoms with Crippen LogP contribution >= 0.6 is 11.6 Å². The molecule has 2 heteroatoms. The Bertz CT molecular complexity index is 564. The van der Waals surface area contributed by atoms with Crippen molar-refractivity contribution in [3.8, 4) is 0 Å². The van der Waals surface area contributed by atoms with Gasteiger partial charge in [0.1, 0.15) is 0 Å². The molecule has 3 rings (SSSR count). The molecule has 0 heterocycles. The van der Waals surface area contributed by atoms with Crippen molar-refractivity contribution < 1.29 is 5.11 Å². The van der Waals surface area contributed by atoms with E-state index in [-0.39, 0.29) is 6.10 Å². The molecule has 0 aromatic heterocycles. The number of aliphatic hydroxyl groups is 1. The van der Waals surface area contributed by atoms with Crippen molar-refractivity contribution in [1.29, 1.82) is 0 Å². The van der Waals surface area contributed by atoms with Crippen molar-refractivity contribution in [2.45, 2.75) is 37.7 Å². The van der Waals surface area contributed by atoms with E-state index in [4.69, 9.17) is 11.6 Å². The fourth-order valence-corrected chi connectivity index (χ4v) is 3.54. The van der Waals surface area contributed by atoms with Crippen LogP contribution in [0, 0.1) is 5.92 Å². The Balaban J connectivity index is 1.70. The van der Waals surface area contributed by atoms with Crippen molar-refractivity contribution in [2.24, 2.45) is 5.92 Å². The summed E-state index contributed by atoms with van der Waals surface area (Å²) in [4.78, 5) is 0. The van der Waals surface area contributed by atoms with Crippen LogP contribution in [0.2, 0.25) is 5.02 Å². The third-order valence-corrected chi connectivity index (χ3v) is 4.88. The second-order valence-electron chi connectivity index (χ2n) is 6.08. The topological polar surface area (TPSA) is 20.2 Å². The van der Waals surface area contributed by atoms with Gasteiger partial charge in [-0.15, -0.1) is 0 Å². The van der Waals surface area contributed by atoms with E-state index in [1.54, 1.807) is 0 Å². The summed E-state index contributed by atoms with van der Waals surface area (Å²) in [6.45, 7) is 0. The largest absolute Gasteiger partial charge is 0.393 e. The average molecular weight is 301 g/mol. The van der Waals surface area contributed by atoms with Gasteiger partial charge < -0.3 is 5.11 Å². The molecule has 0 aliphatic heterocycles. The normalized spacial score (nSPS) is 25.7. The fourth-order valence-electron chi connectivity index (χ4n) is 3.42. The molecular weight excluding hydrogens is 280 g/mol. The van der Waals surface area contributed by atoms with E-state index in [0.717, 1.165) is 30.7 Å². The maximum atomic E-state index is 10.3. The maximum absolute atomic E-state index is 10.3. The Hall–Kier alpha value is -1.31. The minimum atomic E-state index is -0.180. The molecule has 110 valence electrons. The molecule has 1 fully saturated rings. The first-order chi connectivity index (χ1) is 10.2. The van der Waals surface area contributed by atoms with E-state index < -0.39 is 0 Å². The van der Waals surface area contributed by atoms with E-state index in [1.807, 2.05) is 12.1 Å². The van der Waals surface area contributed by atoms with Crippen LogP contribution < -0.4 is 0 Å². The van der Waals surface area contributed by atoms with Crippen molar-refractivity contribution in [3.63, 3.8) is 0 Å². The van der Waals surface area contributed by atoms with Crippen molar-refractivity contribution in [3.05, 3.63) is 70.7 Å². The molecule has 0 spiro atoms. The summed E-state index contributed by atoms with van der Waals surface area (Å²) in [5, 5.41) is 11.1. The van der Waals surface area contributed by atoms with E-state index in [1.165, 1.54) is 11.1 Å². The summed E-state index contributed by atoms with van der Waals surface area (Å²) in [5.41, 5.74) is 2.67. The van der Waals surface area contributed by atoms with Crippen LogP contribution in [0.4, 0.5) is 0 Å². The number of aliphatic hydroxyl groups excluding tert-OH is 1. The number of hydrogen-bond donors (Lipinski definition) is 1. The van der Waals surface area contributed by atoms with Crippen molar-refractivity contribution >= 4 is 11.6 Å². The first-order valence-corrected chi connectivity index (χ1v) is 8.07. The van der Waals surface area contributed by atoms with Gasteiger partial charge in [-0.2, -0.15) is 0 Å². The van der Waals surface area contributed by atoms with Gasteiger partial charge in [0.15, 0.2) is 0 Å². The lowest BCUT2D eigenvalue weighted by atomic mass is 9.74. The van der Waals surface area contributed by atoms with Gasteiger partial charge in [0, 0.05) is 5.02 Å². The van der Waals surface area contributed by atoms with Gasteiger partial charge in [0.2, 0.25) is 0 Å². The van der Waals surface area contributed by atoms with E-state index in [2.05, 4.69) is 42.5 Å². The Morgan fingerprint density at radius 1 is 0.952 bits per heavy atom. The van der Waals surface area contributed by atoms with E-state index in [0.29, 0.717) is 11.8 Å². The average Bonchev–Trinajstić information content (AvgIpc) is 2.52. The first-order valence-electron chi connectivity index (χ1n) is 7.70. The molecule has 0 bridgehead atoms. The molecule has 21 heavy (non-hydrogen) atoms. The van der Waals surface area contributed by atoms with Crippen LogP contribution in [0.1, 0.15) is 36.3 Å². The van der Waals surface area contributed by atoms with Gasteiger partial charge in [-0.3, -0.25) is 0 Å². The third-order valence-electron chi connectivity index (χ3n) is 4.62. The SMILES string of the molecule is OC1CCC(c2ccccc2)CC1Cc1ccc(Cl)cc1. The second-order valence-corrected chi connectivity index (χ2v) is 6.52. The summed E-state index contributed by atoms with van der Waals surface area (Å²) < 4.78 is 0. The van der Waals surface area contributed by atoms with Crippen LogP contribution in [-0.4, -0.2) is 11.2 Å². The summed E-state index contributed by atoms with van der Waals surface area (Å²) in [5.74, 6) is 0.914. The van der Waals surface area contributed by atoms with Crippen LogP contribution in [0.3, 0.4) is 0 Å². The standard InChI is InChI=1S/C19H21ClO/c20-18-9-6-14(7-10-18)12-17-13-16(8-11-19(17)21)15-4-2-1-3-5-15/h1-7,9-10,16-17,19,21H,8,11-13H2. The zero-order valence-electron chi connectivity index (χ0n) is 12.1. The zero-order valence-corrected chi connectivity index (χ0v) is 12.8. The summed E-state index contributed by atoms with van der Waals surface area (Å²) >= 11 is 5.94. The number of benzene rings is 2. The third kappa shape index (κ3) is 3.66. The molecule has 3 unspecified atom stereocenters. The smallest absolute Gasteiger partial charge is 0.0572 e. The lowest BCUT2D eigenvalue weighted by Gasteiger charge is -2.33. The molecule has 1 aliphatic carbocycles. The summed E-state index contributed by atoms with van der Waals surface area (Å²) in [6.07, 6.45) is 3.80. The predicted molar refractivity (Wildman–Crippen MR) is 87.7 cm³/mol. The maximum Gasteiger partial charge on any atom is 0.0572 e. The van der Waals surface area contributed by atoms with Gasteiger partial charge in [0.25, 0.3) is 0 Å². The summed E-state index contributed by atoms with van der Waals surface area (Å²) in [7, 11) is 0. The molecule has 1 saturated carbocycles. The van der Waals surface area contributed by atoms with Gasteiger partial charge >= 0.3 is 0 Å². The lowest BCUT2D eigenvalue weighted by Crippen LogP contribution is -2.29. The van der Waals surface area contributed by atoms with Gasteiger partial charge in [0.05, 0.1) is 6.10 Å². The Morgan fingerprint density at radius 2 is 1.67 bits per heavy atom. The Labute approximate surface area is 131 Å². The molecule has 2 aromatic rings. The molecule has 0 radical (unpaired) electrons. The Morgan fingerprint density at radius 3 is 2.38 bits per heavy atom. The van der Waals surface area contributed by atoms with Crippen molar-refractivity contribution in [1.82, 2.24) is 0 Å². The predicted octanol–water partition coefficient (Wildman–Crippen LogP) is 4.83. The minimum Gasteiger partial charge on any atom is -0.393 e. The number of rotatable bonds is 3. The van der Waals surface area contributed by atoms with Crippen LogP contribution in [-0.2, 0) is 6.42 Å². The molecular formula is C19H21ClO. The molecule has 2 aromatic carbocycles. The monoisotopic (exact) mass is 300 g/mol. The summed E-state index contributed by atoms with van der Waals surface area (Å²) in [6, 6.07) is 18.7. The quantitative estimate of drug-likeness (QED) is 0.861. The van der Waals surface area contributed by atoms with Crippen LogP contribution in [0.5, 0.6) is 0 Å². The molecule has 1 N–H and O–H groups in total. The van der Waals surface area contributed by atoms with Crippen LogP contribution in [0.15, 0.2) is 54.6 Å². The zero-order chi connectivity index (χ0) is 14.7. The molecule has 0 saturated heterocycles. The molecule has 3 atom stereocenters. The highest BCUT2D eigenvalue weighted by Crippen LogP contribution is 2.37. The minimum absolute atomic E-state index is 0.180. The highest BCUT2D eigenvalue weighted by atomic mass is 35.5. The van der Waals surface area contributed by atoms with Crippen LogP contribution in [0.25, 0.3) is 0 Å². The van der Waals surface area contributed by atoms with Gasteiger partial charge in [-0.25, -0.2) is 0 Å². The second kappa shape index (κ2) is 6.64. The Kier molecular flexibility index (Phi) is 4.62. The van der Waals surface area contributed by atoms with E-state index in [9.17, 15) is 5.11 Å². The van der Waals surface area contributed by atoms with Gasteiger partial charge in [-0.1, -0.05) is 54.1 Å². The molecule has 1 aliphatic rings. The molecule has 1 nitrogen and oxygen atoms in total. The fraction of sp³-hybridized carbons (Fsp3) is 0.368.